The molecule has 1 fully saturated rings. The van der Waals surface area contributed by atoms with Gasteiger partial charge in [-0.15, -0.1) is 10.2 Å². The van der Waals surface area contributed by atoms with E-state index in [1.54, 1.807) is 0 Å². The van der Waals surface area contributed by atoms with Gasteiger partial charge in [0.25, 0.3) is 0 Å². The Bertz CT molecular complexity index is 676. The standard InChI is InChI=1S/C19H26N4OS/c1-3-14(4-2)18-21-22-19(25-18)20-17(24)15-10-12-23(13-11-15)16-8-6-5-7-9-16/h5-9,14-15H,3-4,10-13H2,1-2H3,(H,20,22,24). The molecule has 5 nitrogen and oxygen atoms in total. The molecule has 0 radical (unpaired) electrons. The predicted molar refractivity (Wildman–Crippen MR) is 103 cm³/mol. The lowest BCUT2D eigenvalue weighted by molar-refractivity contribution is -0.120. The van der Waals surface area contributed by atoms with Crippen LogP contribution in [0.1, 0.15) is 50.5 Å². The van der Waals surface area contributed by atoms with Gasteiger partial charge in [0, 0.05) is 30.6 Å². The number of hydrogen-bond donors (Lipinski definition) is 1. The number of carbonyl (C=O) groups excluding carboxylic acids is 1. The number of anilines is 2. The van der Waals surface area contributed by atoms with Crippen molar-refractivity contribution in [2.75, 3.05) is 23.3 Å². The first-order chi connectivity index (χ1) is 12.2. The zero-order valence-corrected chi connectivity index (χ0v) is 15.8. The number of carbonyl (C=O) groups is 1. The minimum atomic E-state index is 0.0560. The summed E-state index contributed by atoms with van der Waals surface area (Å²) in [4.78, 5) is 14.9. The third kappa shape index (κ3) is 4.37. The summed E-state index contributed by atoms with van der Waals surface area (Å²) in [6.07, 6.45) is 3.85. The molecule has 1 amide bonds. The Balaban J connectivity index is 1.53. The van der Waals surface area contributed by atoms with E-state index >= 15 is 0 Å². The molecule has 134 valence electrons. The molecule has 1 aliphatic rings. The number of hydrogen-bond acceptors (Lipinski definition) is 5. The molecule has 0 saturated carbocycles. The molecule has 1 aromatic heterocycles. The highest BCUT2D eigenvalue weighted by molar-refractivity contribution is 7.15. The average Bonchev–Trinajstić information content (AvgIpc) is 3.12. The first-order valence-electron chi connectivity index (χ1n) is 9.15. The molecule has 1 N–H and O–H groups in total. The molecular weight excluding hydrogens is 332 g/mol. The normalized spacial score (nSPS) is 15.6. The van der Waals surface area contributed by atoms with Crippen molar-refractivity contribution >= 4 is 28.1 Å². The number of rotatable bonds is 6. The molecule has 0 atom stereocenters. The molecular formula is C19H26N4OS. The third-order valence-corrected chi connectivity index (χ3v) is 5.99. The summed E-state index contributed by atoms with van der Waals surface area (Å²) in [7, 11) is 0. The fourth-order valence-electron chi connectivity index (χ4n) is 3.33. The molecule has 0 aliphatic carbocycles. The summed E-state index contributed by atoms with van der Waals surface area (Å²) in [5, 5.41) is 13.1. The highest BCUT2D eigenvalue weighted by atomic mass is 32.1. The maximum Gasteiger partial charge on any atom is 0.229 e. The van der Waals surface area contributed by atoms with Gasteiger partial charge >= 0.3 is 0 Å². The minimum Gasteiger partial charge on any atom is -0.371 e. The zero-order chi connectivity index (χ0) is 17.6. The SMILES string of the molecule is CCC(CC)c1nnc(NC(=O)C2CCN(c3ccccc3)CC2)s1. The topological polar surface area (TPSA) is 58.1 Å². The number of benzene rings is 1. The predicted octanol–water partition coefficient (Wildman–Crippen LogP) is 4.30. The molecule has 3 rings (SSSR count). The molecule has 1 aromatic carbocycles. The van der Waals surface area contributed by atoms with E-state index in [4.69, 9.17) is 0 Å². The van der Waals surface area contributed by atoms with Gasteiger partial charge in [-0.1, -0.05) is 43.4 Å². The van der Waals surface area contributed by atoms with E-state index in [0.717, 1.165) is 43.8 Å². The monoisotopic (exact) mass is 358 g/mol. The van der Waals surface area contributed by atoms with Crippen LogP contribution >= 0.6 is 11.3 Å². The van der Waals surface area contributed by atoms with Crippen LogP contribution in [0.15, 0.2) is 30.3 Å². The maximum absolute atomic E-state index is 12.5. The number of aromatic nitrogens is 2. The lowest BCUT2D eigenvalue weighted by Crippen LogP contribution is -2.38. The average molecular weight is 359 g/mol. The van der Waals surface area contributed by atoms with Crippen molar-refractivity contribution in [2.45, 2.75) is 45.4 Å². The number of piperidine rings is 1. The van der Waals surface area contributed by atoms with Gasteiger partial charge in [-0.05, 0) is 37.8 Å². The van der Waals surface area contributed by atoms with Crippen LogP contribution in [0.4, 0.5) is 10.8 Å². The fourth-order valence-corrected chi connectivity index (χ4v) is 4.35. The molecule has 25 heavy (non-hydrogen) atoms. The van der Waals surface area contributed by atoms with E-state index in [0.29, 0.717) is 11.0 Å². The van der Waals surface area contributed by atoms with Gasteiger partial charge in [0.15, 0.2) is 0 Å². The second kappa shape index (κ2) is 8.43. The van der Waals surface area contributed by atoms with Gasteiger partial charge in [-0.3, -0.25) is 4.79 Å². The Labute approximate surface area is 153 Å². The molecule has 6 heteroatoms. The second-order valence-electron chi connectivity index (χ2n) is 6.54. The van der Waals surface area contributed by atoms with E-state index in [9.17, 15) is 4.79 Å². The summed E-state index contributed by atoms with van der Waals surface area (Å²) in [5.74, 6) is 0.581. The van der Waals surface area contributed by atoms with Gasteiger partial charge in [0.2, 0.25) is 11.0 Å². The largest absolute Gasteiger partial charge is 0.371 e. The van der Waals surface area contributed by atoms with Crippen molar-refractivity contribution in [3.05, 3.63) is 35.3 Å². The van der Waals surface area contributed by atoms with Crippen LogP contribution < -0.4 is 10.2 Å². The molecule has 0 bridgehead atoms. The van der Waals surface area contributed by atoms with Gasteiger partial charge in [-0.2, -0.15) is 0 Å². The number of amides is 1. The van der Waals surface area contributed by atoms with Crippen LogP contribution in [-0.4, -0.2) is 29.2 Å². The second-order valence-corrected chi connectivity index (χ2v) is 7.55. The first kappa shape index (κ1) is 17.9. The highest BCUT2D eigenvalue weighted by Gasteiger charge is 2.26. The Hall–Kier alpha value is -1.95. The van der Waals surface area contributed by atoms with Gasteiger partial charge in [-0.25, -0.2) is 0 Å². The fraction of sp³-hybridized carbons (Fsp3) is 0.526. The summed E-state index contributed by atoms with van der Waals surface area (Å²) < 4.78 is 0. The Morgan fingerprint density at radius 3 is 2.52 bits per heavy atom. The minimum absolute atomic E-state index is 0.0560. The number of nitrogens with zero attached hydrogens (tertiary/aromatic N) is 3. The van der Waals surface area contributed by atoms with Crippen LogP contribution in [0.25, 0.3) is 0 Å². The third-order valence-electron chi connectivity index (χ3n) is 4.99. The van der Waals surface area contributed by atoms with Crippen LogP contribution in [0.2, 0.25) is 0 Å². The molecule has 1 saturated heterocycles. The summed E-state index contributed by atoms with van der Waals surface area (Å²) in [5.41, 5.74) is 1.24. The van der Waals surface area contributed by atoms with E-state index in [2.05, 4.69) is 58.5 Å². The first-order valence-corrected chi connectivity index (χ1v) is 9.97. The molecule has 1 aliphatic heterocycles. The van der Waals surface area contributed by atoms with Gasteiger partial charge < -0.3 is 10.2 Å². The van der Waals surface area contributed by atoms with Crippen LogP contribution in [0.3, 0.4) is 0 Å². The van der Waals surface area contributed by atoms with Crippen molar-refractivity contribution < 1.29 is 4.79 Å². The van der Waals surface area contributed by atoms with Crippen LogP contribution in [0.5, 0.6) is 0 Å². The number of para-hydroxylation sites is 1. The summed E-state index contributed by atoms with van der Waals surface area (Å²) in [6, 6.07) is 10.4. The summed E-state index contributed by atoms with van der Waals surface area (Å²) in [6.45, 7) is 6.15. The maximum atomic E-state index is 12.5. The van der Waals surface area contributed by atoms with E-state index in [1.807, 2.05) is 6.07 Å². The Morgan fingerprint density at radius 1 is 1.20 bits per heavy atom. The van der Waals surface area contributed by atoms with E-state index < -0.39 is 0 Å². The van der Waals surface area contributed by atoms with E-state index in [1.165, 1.54) is 17.0 Å². The molecule has 2 heterocycles. The molecule has 2 aromatic rings. The van der Waals surface area contributed by atoms with Gasteiger partial charge in [0.05, 0.1) is 0 Å². The van der Waals surface area contributed by atoms with Gasteiger partial charge in [0.1, 0.15) is 5.01 Å². The van der Waals surface area contributed by atoms with Crippen LogP contribution in [0, 0.1) is 5.92 Å². The van der Waals surface area contributed by atoms with Crippen LogP contribution in [-0.2, 0) is 4.79 Å². The number of nitrogens with one attached hydrogen (secondary N) is 1. The Morgan fingerprint density at radius 2 is 1.88 bits per heavy atom. The van der Waals surface area contributed by atoms with Crippen molar-refractivity contribution in [2.24, 2.45) is 5.92 Å². The van der Waals surface area contributed by atoms with E-state index in [-0.39, 0.29) is 11.8 Å². The van der Waals surface area contributed by atoms with Crippen molar-refractivity contribution in [1.82, 2.24) is 10.2 Å². The summed E-state index contributed by atoms with van der Waals surface area (Å²) >= 11 is 1.52. The lowest BCUT2D eigenvalue weighted by atomic mass is 9.95. The Kier molecular flexibility index (Phi) is 6.02. The van der Waals surface area contributed by atoms with Crippen molar-refractivity contribution in [3.8, 4) is 0 Å². The van der Waals surface area contributed by atoms with Crippen molar-refractivity contribution in [3.63, 3.8) is 0 Å². The quantitative estimate of drug-likeness (QED) is 0.836. The van der Waals surface area contributed by atoms with Crippen molar-refractivity contribution in [1.29, 1.82) is 0 Å². The zero-order valence-electron chi connectivity index (χ0n) is 14.9. The molecule has 0 unspecified atom stereocenters. The lowest BCUT2D eigenvalue weighted by Gasteiger charge is -2.32. The highest BCUT2D eigenvalue weighted by Crippen LogP contribution is 2.29. The smallest absolute Gasteiger partial charge is 0.229 e. The molecule has 0 spiro atoms.